The number of hydrogen-bond acceptors (Lipinski definition) is 4. The van der Waals surface area contributed by atoms with Crippen LogP contribution in [0.15, 0.2) is 0 Å². The number of nitrogens with zero attached hydrogens (tertiary/aromatic N) is 2. The minimum absolute atomic E-state index is 0.393. The number of halogens is 5. The molecule has 1 amide bonds. The highest BCUT2D eigenvalue weighted by atomic mass is 32.1. The van der Waals surface area contributed by atoms with E-state index in [4.69, 9.17) is 0 Å². The predicted octanol–water partition coefficient (Wildman–Crippen LogP) is 2.24. The van der Waals surface area contributed by atoms with E-state index < -0.39 is 23.1 Å². The Bertz CT molecular complexity index is 416. The summed E-state index contributed by atoms with van der Waals surface area (Å²) in [6.45, 7) is 1.69. The van der Waals surface area contributed by atoms with Gasteiger partial charge in [-0.05, 0) is 6.42 Å². The molecule has 0 aliphatic rings. The summed E-state index contributed by atoms with van der Waals surface area (Å²) in [4.78, 5) is 10.7. The van der Waals surface area contributed by atoms with Gasteiger partial charge in [-0.3, -0.25) is 10.1 Å². The van der Waals surface area contributed by atoms with E-state index in [9.17, 15) is 26.7 Å². The van der Waals surface area contributed by atoms with Crippen LogP contribution < -0.4 is 5.32 Å². The summed E-state index contributed by atoms with van der Waals surface area (Å²) in [5, 5.41) is 8.12. The topological polar surface area (TPSA) is 54.9 Å². The van der Waals surface area contributed by atoms with Gasteiger partial charge in [0.05, 0.1) is 0 Å². The van der Waals surface area contributed by atoms with E-state index >= 15 is 0 Å². The maximum Gasteiger partial charge on any atom is 0.463 e. The van der Waals surface area contributed by atoms with E-state index in [2.05, 4.69) is 10.2 Å². The number of hydrogen-bond donors (Lipinski definition) is 1. The summed E-state index contributed by atoms with van der Waals surface area (Å²) in [7, 11) is 0. The Morgan fingerprint density at radius 2 is 1.88 bits per heavy atom. The Balaban J connectivity index is 2.79. The Kier molecular flexibility index (Phi) is 3.65. The van der Waals surface area contributed by atoms with Gasteiger partial charge in [-0.25, -0.2) is 0 Å². The van der Waals surface area contributed by atoms with Crippen molar-refractivity contribution in [2.45, 2.75) is 25.4 Å². The largest absolute Gasteiger partial charge is 0.463 e. The van der Waals surface area contributed by atoms with Gasteiger partial charge in [0.2, 0.25) is 5.13 Å². The number of nitrogens with one attached hydrogen (secondary N) is 1. The fourth-order valence-corrected chi connectivity index (χ4v) is 1.43. The zero-order valence-electron chi connectivity index (χ0n) is 8.31. The van der Waals surface area contributed by atoms with E-state index in [0.29, 0.717) is 11.4 Å². The van der Waals surface area contributed by atoms with Gasteiger partial charge in [0.1, 0.15) is 5.01 Å². The van der Waals surface area contributed by atoms with Gasteiger partial charge in [0.15, 0.2) is 0 Å². The summed E-state index contributed by atoms with van der Waals surface area (Å²) in [6, 6.07) is 0. The van der Waals surface area contributed by atoms with Gasteiger partial charge in [0, 0.05) is 0 Å². The number of alkyl halides is 5. The van der Waals surface area contributed by atoms with Crippen molar-refractivity contribution in [3.63, 3.8) is 0 Å². The highest BCUT2D eigenvalue weighted by molar-refractivity contribution is 7.15. The van der Waals surface area contributed by atoms with Crippen LogP contribution in [0.2, 0.25) is 0 Å². The number of aromatic nitrogens is 2. The number of amides is 1. The van der Waals surface area contributed by atoms with Crippen molar-refractivity contribution in [3.05, 3.63) is 5.01 Å². The van der Waals surface area contributed by atoms with Crippen LogP contribution in [0.5, 0.6) is 0 Å². The molecule has 0 fully saturated rings. The molecule has 0 aromatic carbocycles. The van der Waals surface area contributed by atoms with Crippen LogP contribution in [0.1, 0.15) is 11.9 Å². The molecule has 0 atom stereocenters. The van der Waals surface area contributed by atoms with E-state index in [-0.39, 0.29) is 0 Å². The minimum atomic E-state index is -5.94. The van der Waals surface area contributed by atoms with E-state index in [0.717, 1.165) is 11.3 Å². The highest BCUT2D eigenvalue weighted by Gasteiger charge is 2.63. The molecule has 1 N–H and O–H groups in total. The van der Waals surface area contributed by atoms with Gasteiger partial charge in [-0.2, -0.15) is 22.0 Å². The van der Waals surface area contributed by atoms with Crippen LogP contribution in [0.3, 0.4) is 0 Å². The molecule has 0 aliphatic heterocycles. The molecule has 10 heteroatoms. The lowest BCUT2D eigenvalue weighted by molar-refractivity contribution is -0.267. The van der Waals surface area contributed by atoms with Crippen LogP contribution in [-0.2, 0) is 11.2 Å². The molecule has 96 valence electrons. The average molecular weight is 275 g/mol. The van der Waals surface area contributed by atoms with Crippen molar-refractivity contribution in [1.82, 2.24) is 10.2 Å². The van der Waals surface area contributed by atoms with Crippen LogP contribution in [-0.4, -0.2) is 28.2 Å². The number of carbonyl (C=O) groups excluding carboxylic acids is 1. The third-order valence-electron chi connectivity index (χ3n) is 1.63. The molecule has 4 nitrogen and oxygen atoms in total. The van der Waals surface area contributed by atoms with Gasteiger partial charge < -0.3 is 0 Å². The first-order valence-electron chi connectivity index (χ1n) is 4.27. The van der Waals surface area contributed by atoms with Gasteiger partial charge in [-0.15, -0.1) is 10.2 Å². The fourth-order valence-electron chi connectivity index (χ4n) is 0.751. The van der Waals surface area contributed by atoms with E-state index in [1.54, 1.807) is 6.92 Å². The predicted molar refractivity (Wildman–Crippen MR) is 48.9 cm³/mol. The highest BCUT2D eigenvalue weighted by Crippen LogP contribution is 2.36. The SMILES string of the molecule is CCc1nnc(NC(=O)C(F)(F)C(F)(F)F)s1. The standard InChI is InChI=1S/C7H6F5N3OS/c1-2-3-14-15-5(17-3)13-4(16)6(8,9)7(10,11)12/h2H2,1H3,(H,13,15,16). The Hall–Kier alpha value is -1.32. The Morgan fingerprint density at radius 1 is 1.29 bits per heavy atom. The molecule has 0 unspecified atom stereocenters. The molecule has 0 spiro atoms. The smallest absolute Gasteiger partial charge is 0.295 e. The average Bonchev–Trinajstić information content (AvgIpc) is 2.63. The van der Waals surface area contributed by atoms with Gasteiger partial charge in [-0.1, -0.05) is 18.3 Å². The molecular formula is C7H6F5N3OS. The number of aryl methyl sites for hydroxylation is 1. The first-order chi connectivity index (χ1) is 7.68. The third kappa shape index (κ3) is 2.87. The lowest BCUT2D eigenvalue weighted by atomic mass is 10.3. The van der Waals surface area contributed by atoms with Crippen molar-refractivity contribution < 1.29 is 26.7 Å². The maximum absolute atomic E-state index is 12.5. The fraction of sp³-hybridized carbons (Fsp3) is 0.571. The van der Waals surface area contributed by atoms with E-state index in [1.165, 1.54) is 5.32 Å². The van der Waals surface area contributed by atoms with E-state index in [1.807, 2.05) is 0 Å². The number of anilines is 1. The van der Waals surface area contributed by atoms with Gasteiger partial charge >= 0.3 is 18.0 Å². The first kappa shape index (κ1) is 13.7. The molecule has 0 aliphatic carbocycles. The lowest BCUT2D eigenvalue weighted by Crippen LogP contribution is -2.47. The van der Waals surface area contributed by atoms with Crippen molar-refractivity contribution in [2.75, 3.05) is 5.32 Å². The van der Waals surface area contributed by atoms with Crippen LogP contribution >= 0.6 is 11.3 Å². The normalized spacial score (nSPS) is 12.6. The molecule has 0 bridgehead atoms. The third-order valence-corrected chi connectivity index (χ3v) is 2.61. The van der Waals surface area contributed by atoms with Crippen LogP contribution in [0.4, 0.5) is 27.1 Å². The second-order valence-corrected chi connectivity index (χ2v) is 3.94. The summed E-state index contributed by atoms with van der Waals surface area (Å²) in [5.41, 5.74) is 0. The molecule has 1 aromatic rings. The summed E-state index contributed by atoms with van der Waals surface area (Å²) in [6.07, 6.45) is -5.50. The molecule has 17 heavy (non-hydrogen) atoms. The molecule has 0 radical (unpaired) electrons. The van der Waals surface area contributed by atoms with Crippen LogP contribution in [0, 0.1) is 0 Å². The molecule has 0 saturated heterocycles. The summed E-state index contributed by atoms with van der Waals surface area (Å²) in [5.74, 6) is -7.92. The van der Waals surface area contributed by atoms with Crippen molar-refractivity contribution in [3.8, 4) is 0 Å². The monoisotopic (exact) mass is 275 g/mol. The molecule has 0 saturated carbocycles. The Labute approximate surface area is 95.8 Å². The first-order valence-corrected chi connectivity index (χ1v) is 5.08. The zero-order chi connectivity index (χ0) is 13.3. The van der Waals surface area contributed by atoms with Gasteiger partial charge in [0.25, 0.3) is 0 Å². The second-order valence-electron chi connectivity index (χ2n) is 2.88. The minimum Gasteiger partial charge on any atom is -0.295 e. The summed E-state index contributed by atoms with van der Waals surface area (Å²) >= 11 is 0.733. The lowest BCUT2D eigenvalue weighted by Gasteiger charge is -2.17. The van der Waals surface area contributed by atoms with Crippen LogP contribution in [0.25, 0.3) is 0 Å². The maximum atomic E-state index is 12.5. The van der Waals surface area contributed by atoms with Crippen molar-refractivity contribution in [1.29, 1.82) is 0 Å². The van der Waals surface area contributed by atoms with Crippen molar-refractivity contribution in [2.24, 2.45) is 0 Å². The van der Waals surface area contributed by atoms with Crippen molar-refractivity contribution >= 4 is 22.4 Å². The second kappa shape index (κ2) is 4.51. The zero-order valence-corrected chi connectivity index (χ0v) is 9.12. The molecule has 1 rings (SSSR count). The number of rotatable bonds is 3. The molecular weight excluding hydrogens is 269 g/mol. The number of carbonyl (C=O) groups is 1. The molecule has 1 heterocycles. The Morgan fingerprint density at radius 3 is 2.29 bits per heavy atom. The summed E-state index contributed by atoms with van der Waals surface area (Å²) < 4.78 is 60.5. The molecule has 1 aromatic heterocycles. The quantitative estimate of drug-likeness (QED) is 0.861.